The van der Waals surface area contributed by atoms with Crippen LogP contribution in [0.2, 0.25) is 0 Å². The van der Waals surface area contributed by atoms with E-state index in [1.54, 1.807) is 0 Å². The smallest absolute Gasteiger partial charge is 0.0636 e. The van der Waals surface area contributed by atoms with E-state index in [1.165, 1.54) is 19.4 Å². The van der Waals surface area contributed by atoms with Crippen molar-refractivity contribution in [1.29, 1.82) is 0 Å². The summed E-state index contributed by atoms with van der Waals surface area (Å²) in [6, 6.07) is 1.26. The summed E-state index contributed by atoms with van der Waals surface area (Å²) in [6.45, 7) is 5.97. The number of aliphatic hydroxyl groups is 1. The number of hydrogen-bond donors (Lipinski definition) is 2. The Morgan fingerprint density at radius 2 is 2.31 bits per heavy atom. The third-order valence-electron chi connectivity index (χ3n) is 2.91. The van der Waals surface area contributed by atoms with E-state index in [-0.39, 0.29) is 6.10 Å². The molecule has 3 atom stereocenters. The van der Waals surface area contributed by atoms with Crippen LogP contribution in [0.15, 0.2) is 0 Å². The zero-order valence-corrected chi connectivity index (χ0v) is 8.95. The highest BCUT2D eigenvalue weighted by Crippen LogP contribution is 2.14. The predicted molar refractivity (Wildman–Crippen MR) is 54.8 cm³/mol. The Bertz CT molecular complexity index is 150. The lowest BCUT2D eigenvalue weighted by Crippen LogP contribution is -2.46. The second-order valence-corrected chi connectivity index (χ2v) is 4.31. The molecule has 3 nitrogen and oxygen atoms in total. The molecule has 13 heavy (non-hydrogen) atoms. The van der Waals surface area contributed by atoms with E-state index in [1.807, 2.05) is 6.92 Å². The molecule has 0 aromatic heterocycles. The molecule has 1 rings (SSSR count). The van der Waals surface area contributed by atoms with E-state index in [9.17, 15) is 0 Å². The summed E-state index contributed by atoms with van der Waals surface area (Å²) in [6.07, 6.45) is 2.17. The van der Waals surface area contributed by atoms with Crippen molar-refractivity contribution in [2.24, 2.45) is 0 Å². The molecule has 0 aromatic rings. The molecule has 3 heteroatoms. The maximum absolute atomic E-state index is 9.13. The summed E-state index contributed by atoms with van der Waals surface area (Å²) in [5, 5.41) is 12.5. The number of nitrogens with zero attached hydrogens (tertiary/aromatic N) is 1. The van der Waals surface area contributed by atoms with Crippen LogP contribution in [0.5, 0.6) is 0 Å². The second kappa shape index (κ2) is 4.94. The molecule has 0 saturated carbocycles. The van der Waals surface area contributed by atoms with Gasteiger partial charge in [0.15, 0.2) is 0 Å². The van der Waals surface area contributed by atoms with Gasteiger partial charge in [-0.05, 0) is 40.3 Å². The highest BCUT2D eigenvalue weighted by atomic mass is 16.3. The molecule has 0 aliphatic carbocycles. The Labute approximate surface area is 81.1 Å². The maximum Gasteiger partial charge on any atom is 0.0636 e. The Kier molecular flexibility index (Phi) is 4.16. The maximum atomic E-state index is 9.13. The van der Waals surface area contributed by atoms with Gasteiger partial charge in [-0.3, -0.25) is 0 Å². The van der Waals surface area contributed by atoms with Gasteiger partial charge in [0.1, 0.15) is 0 Å². The van der Waals surface area contributed by atoms with Crippen molar-refractivity contribution in [3.63, 3.8) is 0 Å². The average Bonchev–Trinajstić information content (AvgIpc) is 2.07. The van der Waals surface area contributed by atoms with Gasteiger partial charge in [-0.1, -0.05) is 0 Å². The van der Waals surface area contributed by atoms with Gasteiger partial charge in [0.05, 0.1) is 6.10 Å². The quantitative estimate of drug-likeness (QED) is 0.671. The lowest BCUT2D eigenvalue weighted by atomic mass is 9.99. The van der Waals surface area contributed by atoms with Gasteiger partial charge >= 0.3 is 0 Å². The monoisotopic (exact) mass is 186 g/mol. The molecule has 0 aromatic carbocycles. The van der Waals surface area contributed by atoms with Crippen molar-refractivity contribution in [2.45, 2.75) is 44.9 Å². The molecule has 0 spiro atoms. The zero-order chi connectivity index (χ0) is 9.84. The highest BCUT2D eigenvalue weighted by molar-refractivity contribution is 4.81. The molecule has 2 unspecified atom stereocenters. The van der Waals surface area contributed by atoms with Crippen molar-refractivity contribution in [3.8, 4) is 0 Å². The Balaban J connectivity index is 2.21. The number of hydrogen-bond acceptors (Lipinski definition) is 3. The van der Waals surface area contributed by atoms with Crippen LogP contribution in [0.25, 0.3) is 0 Å². The number of rotatable bonds is 3. The molecule has 1 heterocycles. The molecule has 1 aliphatic rings. The van der Waals surface area contributed by atoms with Crippen LogP contribution < -0.4 is 5.32 Å². The SMILES string of the molecule is CC1CC(NC[C@@H](C)O)CCN1C. The first kappa shape index (κ1) is 11.0. The largest absolute Gasteiger partial charge is 0.392 e. The minimum Gasteiger partial charge on any atom is -0.392 e. The minimum absolute atomic E-state index is 0.227. The van der Waals surface area contributed by atoms with Gasteiger partial charge in [0.25, 0.3) is 0 Å². The second-order valence-electron chi connectivity index (χ2n) is 4.31. The summed E-state index contributed by atoms with van der Waals surface area (Å²) < 4.78 is 0. The van der Waals surface area contributed by atoms with Crippen LogP contribution in [0.1, 0.15) is 26.7 Å². The summed E-state index contributed by atoms with van der Waals surface area (Å²) in [4.78, 5) is 2.39. The summed E-state index contributed by atoms with van der Waals surface area (Å²) in [5.41, 5.74) is 0. The topological polar surface area (TPSA) is 35.5 Å². The van der Waals surface area contributed by atoms with Gasteiger partial charge < -0.3 is 15.3 Å². The lowest BCUT2D eigenvalue weighted by molar-refractivity contribution is 0.146. The van der Waals surface area contributed by atoms with Crippen molar-refractivity contribution < 1.29 is 5.11 Å². The molecule has 1 fully saturated rings. The van der Waals surface area contributed by atoms with Crippen LogP contribution in [0.4, 0.5) is 0 Å². The molecule has 0 radical (unpaired) electrons. The summed E-state index contributed by atoms with van der Waals surface area (Å²) in [7, 11) is 2.18. The Morgan fingerprint density at radius 1 is 1.62 bits per heavy atom. The number of nitrogens with one attached hydrogen (secondary N) is 1. The molecule has 78 valence electrons. The molecule has 2 N–H and O–H groups in total. The summed E-state index contributed by atoms with van der Waals surface area (Å²) >= 11 is 0. The zero-order valence-electron chi connectivity index (χ0n) is 8.95. The number of aliphatic hydroxyl groups excluding tert-OH is 1. The van der Waals surface area contributed by atoms with Crippen molar-refractivity contribution in [2.75, 3.05) is 20.1 Å². The van der Waals surface area contributed by atoms with E-state index >= 15 is 0 Å². The molecule has 0 bridgehead atoms. The van der Waals surface area contributed by atoms with E-state index in [2.05, 4.69) is 24.2 Å². The van der Waals surface area contributed by atoms with E-state index in [4.69, 9.17) is 5.11 Å². The molecular weight excluding hydrogens is 164 g/mol. The van der Waals surface area contributed by atoms with Crippen molar-refractivity contribution in [1.82, 2.24) is 10.2 Å². The molecule has 1 saturated heterocycles. The molecule has 0 amide bonds. The third kappa shape index (κ3) is 3.63. The van der Waals surface area contributed by atoms with Crippen LogP contribution >= 0.6 is 0 Å². The molecule has 1 aliphatic heterocycles. The van der Waals surface area contributed by atoms with Gasteiger partial charge in [0, 0.05) is 18.6 Å². The Hall–Kier alpha value is -0.120. The fourth-order valence-electron chi connectivity index (χ4n) is 1.81. The van der Waals surface area contributed by atoms with Crippen LogP contribution in [-0.2, 0) is 0 Å². The first-order chi connectivity index (χ1) is 6.09. The first-order valence-electron chi connectivity index (χ1n) is 5.21. The average molecular weight is 186 g/mol. The standard InChI is InChI=1S/C10H22N2O/c1-8-6-10(4-5-12(8)3)11-7-9(2)13/h8-11,13H,4-7H2,1-3H3/t8?,9-,10?/m1/s1. The number of likely N-dealkylation sites (tertiary alicyclic amines) is 1. The van der Waals surface area contributed by atoms with Crippen LogP contribution in [-0.4, -0.2) is 48.3 Å². The van der Waals surface area contributed by atoms with Gasteiger partial charge in [-0.25, -0.2) is 0 Å². The third-order valence-corrected chi connectivity index (χ3v) is 2.91. The predicted octanol–water partition coefficient (Wildman–Crippen LogP) is 0.440. The highest BCUT2D eigenvalue weighted by Gasteiger charge is 2.22. The Morgan fingerprint density at radius 3 is 2.85 bits per heavy atom. The fourth-order valence-corrected chi connectivity index (χ4v) is 1.81. The fraction of sp³-hybridized carbons (Fsp3) is 1.00. The number of piperidine rings is 1. The van der Waals surface area contributed by atoms with E-state index in [0.717, 1.165) is 6.54 Å². The van der Waals surface area contributed by atoms with E-state index in [0.29, 0.717) is 12.1 Å². The van der Waals surface area contributed by atoms with Crippen molar-refractivity contribution >= 4 is 0 Å². The van der Waals surface area contributed by atoms with Crippen LogP contribution in [0.3, 0.4) is 0 Å². The van der Waals surface area contributed by atoms with E-state index < -0.39 is 0 Å². The van der Waals surface area contributed by atoms with Gasteiger partial charge in [-0.2, -0.15) is 0 Å². The first-order valence-corrected chi connectivity index (χ1v) is 5.21. The summed E-state index contributed by atoms with van der Waals surface area (Å²) in [5.74, 6) is 0. The van der Waals surface area contributed by atoms with Crippen LogP contribution in [0, 0.1) is 0 Å². The minimum atomic E-state index is -0.227. The molecular formula is C10H22N2O. The van der Waals surface area contributed by atoms with Gasteiger partial charge in [-0.15, -0.1) is 0 Å². The normalized spacial score (nSPS) is 33.2. The lowest BCUT2D eigenvalue weighted by Gasteiger charge is -2.35. The van der Waals surface area contributed by atoms with Crippen molar-refractivity contribution in [3.05, 3.63) is 0 Å². The van der Waals surface area contributed by atoms with Gasteiger partial charge in [0.2, 0.25) is 0 Å².